The van der Waals surface area contributed by atoms with Gasteiger partial charge in [-0.2, -0.15) is 0 Å². The van der Waals surface area contributed by atoms with E-state index in [1.165, 1.54) is 12.4 Å². The van der Waals surface area contributed by atoms with E-state index in [0.29, 0.717) is 17.7 Å². The van der Waals surface area contributed by atoms with Crippen LogP contribution in [-0.4, -0.2) is 23.3 Å². The van der Waals surface area contributed by atoms with Gasteiger partial charge in [0.25, 0.3) is 11.8 Å². The predicted molar refractivity (Wildman–Crippen MR) is 117 cm³/mol. The van der Waals surface area contributed by atoms with Gasteiger partial charge in [-0.3, -0.25) is 14.6 Å². The van der Waals surface area contributed by atoms with Crippen LogP contribution in [0.5, 0.6) is 0 Å². The fraction of sp³-hybridized carbons (Fsp3) is 0.208. The van der Waals surface area contributed by atoms with Crippen molar-refractivity contribution in [2.75, 3.05) is 16.8 Å². The minimum atomic E-state index is -0.287. The second-order valence-electron chi connectivity index (χ2n) is 7.08. The largest absolute Gasteiger partial charge is 0.321 e. The normalized spacial score (nSPS) is 10.5. The molecule has 3 aromatic rings. The van der Waals surface area contributed by atoms with Gasteiger partial charge in [0.1, 0.15) is 0 Å². The number of anilines is 2. The molecule has 0 bridgehead atoms. The number of nitrogens with one attached hydrogen (secondary N) is 1. The first-order chi connectivity index (χ1) is 13.9. The molecule has 5 heteroatoms. The van der Waals surface area contributed by atoms with E-state index in [2.05, 4.69) is 10.3 Å². The van der Waals surface area contributed by atoms with Crippen molar-refractivity contribution in [2.24, 2.45) is 0 Å². The molecule has 0 saturated heterocycles. The number of hydrogen-bond donors (Lipinski definition) is 1. The summed E-state index contributed by atoms with van der Waals surface area (Å²) in [7, 11) is 0. The van der Waals surface area contributed by atoms with Crippen molar-refractivity contribution in [3.05, 3.63) is 88.7 Å². The maximum absolute atomic E-state index is 13.0. The molecule has 29 heavy (non-hydrogen) atoms. The minimum absolute atomic E-state index is 0.191. The summed E-state index contributed by atoms with van der Waals surface area (Å²) in [5, 5.41) is 2.96. The zero-order valence-electron chi connectivity index (χ0n) is 17.2. The van der Waals surface area contributed by atoms with Gasteiger partial charge in [0.05, 0.1) is 11.1 Å². The monoisotopic (exact) mass is 387 g/mol. The van der Waals surface area contributed by atoms with E-state index in [-0.39, 0.29) is 11.8 Å². The molecule has 3 rings (SSSR count). The summed E-state index contributed by atoms with van der Waals surface area (Å²) in [6, 6.07) is 15.1. The SMILES string of the molecule is CCN(C(=O)c1cncc(C(=O)Nc2c(C)cc(C)cc2C)c1)c1ccccc1. The first kappa shape index (κ1) is 20.3. The quantitative estimate of drug-likeness (QED) is 0.675. The summed E-state index contributed by atoms with van der Waals surface area (Å²) < 4.78 is 0. The number of nitrogens with zero attached hydrogens (tertiary/aromatic N) is 2. The number of aryl methyl sites for hydroxylation is 3. The first-order valence-electron chi connectivity index (χ1n) is 9.62. The highest BCUT2D eigenvalue weighted by Gasteiger charge is 2.18. The second kappa shape index (κ2) is 8.69. The summed E-state index contributed by atoms with van der Waals surface area (Å²) in [6.07, 6.45) is 2.97. The molecule has 0 atom stereocenters. The van der Waals surface area contributed by atoms with Gasteiger partial charge in [0, 0.05) is 30.3 Å². The number of benzene rings is 2. The van der Waals surface area contributed by atoms with E-state index in [0.717, 1.165) is 28.1 Å². The fourth-order valence-electron chi connectivity index (χ4n) is 3.45. The van der Waals surface area contributed by atoms with Gasteiger partial charge in [0.15, 0.2) is 0 Å². The van der Waals surface area contributed by atoms with Crippen LogP contribution in [0.3, 0.4) is 0 Å². The van der Waals surface area contributed by atoms with Crippen LogP contribution in [0.25, 0.3) is 0 Å². The third-order valence-corrected chi connectivity index (χ3v) is 4.79. The average molecular weight is 387 g/mol. The van der Waals surface area contributed by atoms with Crippen molar-refractivity contribution >= 4 is 23.2 Å². The van der Waals surface area contributed by atoms with E-state index >= 15 is 0 Å². The highest BCUT2D eigenvalue weighted by Crippen LogP contribution is 2.23. The van der Waals surface area contributed by atoms with Crippen molar-refractivity contribution in [3.8, 4) is 0 Å². The smallest absolute Gasteiger partial charge is 0.259 e. The molecule has 5 nitrogen and oxygen atoms in total. The van der Waals surface area contributed by atoms with Gasteiger partial charge in [-0.05, 0) is 57.0 Å². The Morgan fingerprint density at radius 2 is 1.55 bits per heavy atom. The van der Waals surface area contributed by atoms with Gasteiger partial charge in [0.2, 0.25) is 0 Å². The Morgan fingerprint density at radius 1 is 0.931 bits per heavy atom. The van der Waals surface area contributed by atoms with Crippen LogP contribution in [0.4, 0.5) is 11.4 Å². The summed E-state index contributed by atoms with van der Waals surface area (Å²) in [5.74, 6) is -0.478. The van der Waals surface area contributed by atoms with Crippen LogP contribution in [0.1, 0.15) is 44.3 Å². The van der Waals surface area contributed by atoms with Crippen molar-refractivity contribution < 1.29 is 9.59 Å². The van der Waals surface area contributed by atoms with Crippen molar-refractivity contribution in [3.63, 3.8) is 0 Å². The molecule has 1 heterocycles. The zero-order chi connectivity index (χ0) is 21.0. The molecule has 0 aliphatic carbocycles. The lowest BCUT2D eigenvalue weighted by Gasteiger charge is -2.21. The Bertz CT molecular complexity index is 1020. The van der Waals surface area contributed by atoms with E-state index in [1.54, 1.807) is 11.0 Å². The summed E-state index contributed by atoms with van der Waals surface area (Å²) in [6.45, 7) is 8.38. The summed E-state index contributed by atoms with van der Waals surface area (Å²) in [4.78, 5) is 31.6. The zero-order valence-corrected chi connectivity index (χ0v) is 17.2. The number of aromatic nitrogens is 1. The lowest BCUT2D eigenvalue weighted by molar-refractivity contribution is 0.0988. The molecule has 1 N–H and O–H groups in total. The Morgan fingerprint density at radius 3 is 2.17 bits per heavy atom. The van der Waals surface area contributed by atoms with Gasteiger partial charge in [-0.1, -0.05) is 35.9 Å². The topological polar surface area (TPSA) is 62.3 Å². The van der Waals surface area contributed by atoms with Crippen LogP contribution in [0.15, 0.2) is 60.9 Å². The number of pyridine rings is 1. The predicted octanol–water partition coefficient (Wildman–Crippen LogP) is 4.93. The molecular weight excluding hydrogens is 362 g/mol. The highest BCUT2D eigenvalue weighted by atomic mass is 16.2. The minimum Gasteiger partial charge on any atom is -0.321 e. The molecule has 148 valence electrons. The Balaban J connectivity index is 1.85. The summed E-state index contributed by atoms with van der Waals surface area (Å²) >= 11 is 0. The third kappa shape index (κ3) is 4.51. The third-order valence-electron chi connectivity index (χ3n) is 4.79. The molecule has 0 spiro atoms. The number of hydrogen-bond acceptors (Lipinski definition) is 3. The average Bonchev–Trinajstić information content (AvgIpc) is 2.72. The lowest BCUT2D eigenvalue weighted by Crippen LogP contribution is -2.31. The molecule has 0 aliphatic rings. The van der Waals surface area contributed by atoms with Gasteiger partial charge in [-0.25, -0.2) is 0 Å². The maximum Gasteiger partial charge on any atom is 0.259 e. The molecular formula is C24H25N3O2. The fourth-order valence-corrected chi connectivity index (χ4v) is 3.45. The molecule has 1 aromatic heterocycles. The Hall–Kier alpha value is -3.47. The van der Waals surface area contributed by atoms with E-state index in [4.69, 9.17) is 0 Å². The van der Waals surface area contributed by atoms with Crippen LogP contribution >= 0.6 is 0 Å². The van der Waals surface area contributed by atoms with Crippen LogP contribution in [0.2, 0.25) is 0 Å². The van der Waals surface area contributed by atoms with E-state index < -0.39 is 0 Å². The molecule has 0 fully saturated rings. The number of carbonyl (C=O) groups excluding carboxylic acids is 2. The molecule has 0 unspecified atom stereocenters. The molecule has 2 aromatic carbocycles. The number of amides is 2. The summed E-state index contributed by atoms with van der Waals surface area (Å²) in [5.41, 5.74) is 5.46. The lowest BCUT2D eigenvalue weighted by atomic mass is 10.0. The molecule has 2 amide bonds. The first-order valence-corrected chi connectivity index (χ1v) is 9.62. The second-order valence-corrected chi connectivity index (χ2v) is 7.08. The number of carbonyl (C=O) groups is 2. The van der Waals surface area contributed by atoms with Gasteiger partial charge >= 0.3 is 0 Å². The van der Waals surface area contributed by atoms with E-state index in [1.807, 2.05) is 70.2 Å². The van der Waals surface area contributed by atoms with Gasteiger partial charge in [-0.15, -0.1) is 0 Å². The van der Waals surface area contributed by atoms with Crippen LogP contribution in [0, 0.1) is 20.8 Å². The maximum atomic E-state index is 13.0. The molecule has 0 radical (unpaired) electrons. The Labute approximate surface area is 171 Å². The van der Waals surface area contributed by atoms with Crippen molar-refractivity contribution in [1.29, 1.82) is 0 Å². The molecule has 0 saturated carbocycles. The van der Waals surface area contributed by atoms with Crippen molar-refractivity contribution in [2.45, 2.75) is 27.7 Å². The Kier molecular flexibility index (Phi) is 6.07. The van der Waals surface area contributed by atoms with Crippen LogP contribution in [-0.2, 0) is 0 Å². The standard InChI is InChI=1S/C24H25N3O2/c1-5-27(21-9-7-6-8-10-21)24(29)20-13-19(14-25-15-20)23(28)26-22-17(3)11-16(2)12-18(22)4/h6-15H,5H2,1-4H3,(H,26,28). The number of rotatable bonds is 5. The van der Waals surface area contributed by atoms with E-state index in [9.17, 15) is 9.59 Å². The highest BCUT2D eigenvalue weighted by molar-refractivity contribution is 6.09. The van der Waals surface area contributed by atoms with Gasteiger partial charge < -0.3 is 10.2 Å². The molecule has 0 aliphatic heterocycles. The van der Waals surface area contributed by atoms with Crippen LogP contribution < -0.4 is 10.2 Å². The van der Waals surface area contributed by atoms with Crippen molar-refractivity contribution in [1.82, 2.24) is 4.98 Å². The number of para-hydroxylation sites is 1.